The summed E-state index contributed by atoms with van der Waals surface area (Å²) in [4.78, 5) is 24.4. The second-order valence-electron chi connectivity index (χ2n) is 5.91. The smallest absolute Gasteiger partial charge is 0.333 e. The van der Waals surface area contributed by atoms with E-state index < -0.39 is 18.0 Å². The van der Waals surface area contributed by atoms with E-state index in [4.69, 9.17) is 4.74 Å². The van der Waals surface area contributed by atoms with Crippen LogP contribution in [0.25, 0.3) is 11.1 Å². The molecule has 0 saturated heterocycles. The Balaban J connectivity index is 1.68. The lowest BCUT2D eigenvalue weighted by atomic mass is 10.1. The van der Waals surface area contributed by atoms with Crippen LogP contribution in [0, 0.1) is 0 Å². The van der Waals surface area contributed by atoms with Crippen LogP contribution in [0.4, 0.5) is 10.5 Å². The van der Waals surface area contributed by atoms with Gasteiger partial charge in [0.15, 0.2) is 6.04 Å². The average molecular weight is 360 g/mol. The molecule has 2 amide bonds. The van der Waals surface area contributed by atoms with Crippen LogP contribution in [0.3, 0.4) is 0 Å². The molecule has 1 unspecified atom stereocenters. The number of ether oxygens (including phenoxy) is 1. The molecule has 0 fully saturated rings. The zero-order valence-electron chi connectivity index (χ0n) is 14.9. The molecular weight excluding hydrogens is 340 g/mol. The molecule has 2 N–H and O–H groups in total. The van der Waals surface area contributed by atoms with Gasteiger partial charge in [-0.1, -0.05) is 72.8 Å². The summed E-state index contributed by atoms with van der Waals surface area (Å²) in [6.07, 6.45) is 0. The monoisotopic (exact) mass is 360 g/mol. The molecule has 0 heterocycles. The van der Waals surface area contributed by atoms with Gasteiger partial charge in [-0.3, -0.25) is 0 Å². The van der Waals surface area contributed by atoms with Gasteiger partial charge in [0.25, 0.3) is 0 Å². The first-order valence-corrected chi connectivity index (χ1v) is 8.53. The molecule has 0 aromatic heterocycles. The van der Waals surface area contributed by atoms with Crippen LogP contribution in [0.2, 0.25) is 0 Å². The van der Waals surface area contributed by atoms with Crippen LogP contribution in [0.5, 0.6) is 0 Å². The first-order chi connectivity index (χ1) is 13.2. The third-order valence-electron chi connectivity index (χ3n) is 4.10. The maximum atomic E-state index is 12.3. The van der Waals surface area contributed by atoms with Crippen molar-refractivity contribution in [1.82, 2.24) is 5.32 Å². The van der Waals surface area contributed by atoms with Crippen molar-refractivity contribution in [3.63, 3.8) is 0 Å². The second-order valence-corrected chi connectivity index (χ2v) is 5.91. The van der Waals surface area contributed by atoms with Gasteiger partial charge in [-0.25, -0.2) is 9.59 Å². The number of esters is 1. The van der Waals surface area contributed by atoms with Crippen LogP contribution in [0.1, 0.15) is 11.6 Å². The highest BCUT2D eigenvalue weighted by Crippen LogP contribution is 2.21. The number of hydrogen-bond acceptors (Lipinski definition) is 3. The summed E-state index contributed by atoms with van der Waals surface area (Å²) in [5.74, 6) is -0.532. The van der Waals surface area contributed by atoms with Gasteiger partial charge in [-0.2, -0.15) is 0 Å². The number of nitrogens with one attached hydrogen (secondary N) is 2. The van der Waals surface area contributed by atoms with Gasteiger partial charge < -0.3 is 15.4 Å². The van der Waals surface area contributed by atoms with E-state index in [0.717, 1.165) is 11.1 Å². The lowest BCUT2D eigenvalue weighted by molar-refractivity contribution is -0.143. The first kappa shape index (κ1) is 18.2. The van der Waals surface area contributed by atoms with Crippen molar-refractivity contribution < 1.29 is 14.3 Å². The standard InChI is InChI=1S/C22H20N2O3/c1-27-21(25)20(18-10-6-3-7-11-18)24-22(26)23-19-14-12-17(13-15-19)16-8-4-2-5-9-16/h2-15,20H,1H3,(H2,23,24,26). The minimum Gasteiger partial charge on any atom is -0.467 e. The van der Waals surface area contributed by atoms with Crippen LogP contribution < -0.4 is 10.6 Å². The fourth-order valence-corrected chi connectivity index (χ4v) is 2.72. The molecule has 0 aliphatic rings. The second kappa shape index (κ2) is 8.67. The number of urea groups is 1. The largest absolute Gasteiger partial charge is 0.467 e. The van der Waals surface area contributed by atoms with Gasteiger partial charge in [0.05, 0.1) is 7.11 Å². The SMILES string of the molecule is COC(=O)C(NC(=O)Nc1ccc(-c2ccccc2)cc1)c1ccccc1. The third-order valence-corrected chi connectivity index (χ3v) is 4.10. The average Bonchev–Trinajstić information content (AvgIpc) is 2.73. The summed E-state index contributed by atoms with van der Waals surface area (Å²) in [5.41, 5.74) is 3.43. The lowest BCUT2D eigenvalue weighted by Crippen LogP contribution is -2.37. The Morgan fingerprint density at radius 3 is 1.93 bits per heavy atom. The predicted octanol–water partition coefficient (Wildman–Crippen LogP) is 4.39. The zero-order valence-corrected chi connectivity index (χ0v) is 14.9. The van der Waals surface area contributed by atoms with Crippen molar-refractivity contribution in [2.24, 2.45) is 0 Å². The number of amides is 2. The number of rotatable bonds is 5. The molecule has 0 bridgehead atoms. The maximum absolute atomic E-state index is 12.3. The van der Waals surface area contributed by atoms with Crippen LogP contribution in [-0.2, 0) is 9.53 Å². The molecule has 3 rings (SSSR count). The van der Waals surface area contributed by atoms with Crippen LogP contribution in [-0.4, -0.2) is 19.1 Å². The minimum absolute atomic E-state index is 0.485. The highest BCUT2D eigenvalue weighted by atomic mass is 16.5. The molecule has 27 heavy (non-hydrogen) atoms. The fourth-order valence-electron chi connectivity index (χ4n) is 2.72. The first-order valence-electron chi connectivity index (χ1n) is 8.53. The molecule has 0 aliphatic carbocycles. The van der Waals surface area contributed by atoms with Gasteiger partial charge >= 0.3 is 12.0 Å². The Bertz CT molecular complexity index is 894. The molecule has 0 spiro atoms. The predicted molar refractivity (Wildman–Crippen MR) is 105 cm³/mol. The summed E-state index contributed by atoms with van der Waals surface area (Å²) in [6.45, 7) is 0. The van der Waals surface area contributed by atoms with Gasteiger partial charge in [-0.05, 0) is 28.8 Å². The summed E-state index contributed by atoms with van der Waals surface area (Å²) in [6, 6.07) is 25.1. The maximum Gasteiger partial charge on any atom is 0.333 e. The van der Waals surface area contributed by atoms with Gasteiger partial charge in [0, 0.05) is 5.69 Å². The fraction of sp³-hybridized carbons (Fsp3) is 0.0909. The molecule has 5 heteroatoms. The summed E-state index contributed by atoms with van der Waals surface area (Å²) in [7, 11) is 1.29. The highest BCUT2D eigenvalue weighted by molar-refractivity contribution is 5.93. The number of benzene rings is 3. The van der Waals surface area contributed by atoms with Gasteiger partial charge in [-0.15, -0.1) is 0 Å². The van der Waals surface area contributed by atoms with E-state index in [1.54, 1.807) is 24.3 Å². The Hall–Kier alpha value is -3.60. The normalized spacial score (nSPS) is 11.3. The van der Waals surface area contributed by atoms with E-state index in [9.17, 15) is 9.59 Å². The number of carbonyl (C=O) groups excluding carboxylic acids is 2. The number of anilines is 1. The number of carbonyl (C=O) groups is 2. The van der Waals surface area contributed by atoms with Gasteiger partial charge in [0.2, 0.25) is 0 Å². The summed E-state index contributed by atoms with van der Waals surface area (Å²) >= 11 is 0. The highest BCUT2D eigenvalue weighted by Gasteiger charge is 2.23. The van der Waals surface area contributed by atoms with E-state index in [2.05, 4.69) is 10.6 Å². The number of methoxy groups -OCH3 is 1. The molecule has 3 aromatic carbocycles. The molecular formula is C22H20N2O3. The number of hydrogen-bond donors (Lipinski definition) is 2. The van der Waals surface area contributed by atoms with Crippen molar-refractivity contribution in [2.45, 2.75) is 6.04 Å². The van der Waals surface area contributed by atoms with E-state index in [1.807, 2.05) is 60.7 Å². The van der Waals surface area contributed by atoms with Crippen molar-refractivity contribution in [1.29, 1.82) is 0 Å². The molecule has 0 aliphatic heterocycles. The van der Waals surface area contributed by atoms with Gasteiger partial charge in [0.1, 0.15) is 0 Å². The lowest BCUT2D eigenvalue weighted by Gasteiger charge is -2.17. The van der Waals surface area contributed by atoms with E-state index in [-0.39, 0.29) is 0 Å². The summed E-state index contributed by atoms with van der Waals surface area (Å²) < 4.78 is 4.80. The Labute approximate surface area is 158 Å². The summed E-state index contributed by atoms with van der Waals surface area (Å²) in [5, 5.41) is 5.40. The minimum atomic E-state index is -0.875. The van der Waals surface area contributed by atoms with Crippen molar-refractivity contribution in [3.8, 4) is 11.1 Å². The molecule has 1 atom stereocenters. The van der Waals surface area contributed by atoms with Crippen LogP contribution in [0.15, 0.2) is 84.9 Å². The van der Waals surface area contributed by atoms with Crippen molar-refractivity contribution in [2.75, 3.05) is 12.4 Å². The molecule has 0 radical (unpaired) electrons. The third kappa shape index (κ3) is 4.73. The quantitative estimate of drug-likeness (QED) is 0.663. The van der Waals surface area contributed by atoms with E-state index in [1.165, 1.54) is 7.11 Å². The molecule has 3 aromatic rings. The zero-order chi connectivity index (χ0) is 19.1. The molecule has 0 saturated carbocycles. The Morgan fingerprint density at radius 1 is 0.778 bits per heavy atom. The van der Waals surface area contributed by atoms with Crippen LogP contribution >= 0.6 is 0 Å². The Kier molecular flexibility index (Phi) is 5.84. The Morgan fingerprint density at radius 2 is 1.33 bits per heavy atom. The van der Waals surface area contributed by atoms with E-state index >= 15 is 0 Å². The van der Waals surface area contributed by atoms with Crippen molar-refractivity contribution in [3.05, 3.63) is 90.5 Å². The molecule has 5 nitrogen and oxygen atoms in total. The molecule has 136 valence electrons. The topological polar surface area (TPSA) is 67.4 Å². The van der Waals surface area contributed by atoms with E-state index in [0.29, 0.717) is 11.3 Å². The van der Waals surface area contributed by atoms with Crippen molar-refractivity contribution >= 4 is 17.7 Å².